The molecule has 0 unspecified atom stereocenters. The van der Waals surface area contributed by atoms with Crippen LogP contribution in [0.1, 0.15) is 12.5 Å². The van der Waals surface area contributed by atoms with Crippen LogP contribution in [0.25, 0.3) is 0 Å². The zero-order valence-corrected chi connectivity index (χ0v) is 12.3. The summed E-state index contributed by atoms with van der Waals surface area (Å²) in [5.41, 5.74) is 1.36. The SMILES string of the molecule is COc1ccc(C[C@H](C)N(C)CCN(C)C)cc1. The van der Waals surface area contributed by atoms with Gasteiger partial charge in [0.15, 0.2) is 0 Å². The molecule has 0 aromatic heterocycles. The summed E-state index contributed by atoms with van der Waals surface area (Å²) in [5, 5.41) is 0. The molecule has 3 heteroatoms. The first kappa shape index (κ1) is 15.0. The summed E-state index contributed by atoms with van der Waals surface area (Å²) in [6, 6.07) is 8.91. The van der Waals surface area contributed by atoms with Crippen molar-refractivity contribution in [2.75, 3.05) is 41.3 Å². The third kappa shape index (κ3) is 5.07. The van der Waals surface area contributed by atoms with Crippen LogP contribution in [0.2, 0.25) is 0 Å². The average molecular weight is 250 g/mol. The van der Waals surface area contributed by atoms with E-state index in [2.05, 4.69) is 50.0 Å². The van der Waals surface area contributed by atoms with E-state index >= 15 is 0 Å². The number of likely N-dealkylation sites (N-methyl/N-ethyl adjacent to an activating group) is 2. The van der Waals surface area contributed by atoms with Crippen LogP contribution in [-0.2, 0) is 6.42 Å². The van der Waals surface area contributed by atoms with Crippen LogP contribution < -0.4 is 4.74 Å². The highest BCUT2D eigenvalue weighted by molar-refractivity contribution is 5.27. The van der Waals surface area contributed by atoms with Crippen molar-refractivity contribution >= 4 is 0 Å². The van der Waals surface area contributed by atoms with Gasteiger partial charge in [0.1, 0.15) is 5.75 Å². The van der Waals surface area contributed by atoms with Crippen LogP contribution in [0.3, 0.4) is 0 Å². The maximum atomic E-state index is 5.17. The number of hydrogen-bond acceptors (Lipinski definition) is 3. The molecule has 1 aromatic carbocycles. The fourth-order valence-electron chi connectivity index (χ4n) is 1.84. The number of hydrogen-bond donors (Lipinski definition) is 0. The lowest BCUT2D eigenvalue weighted by atomic mass is 10.1. The molecule has 0 fully saturated rings. The second-order valence-electron chi connectivity index (χ2n) is 5.19. The molecule has 0 bridgehead atoms. The molecule has 0 N–H and O–H groups in total. The number of nitrogens with zero attached hydrogens (tertiary/aromatic N) is 2. The lowest BCUT2D eigenvalue weighted by Gasteiger charge is -2.26. The first-order valence-corrected chi connectivity index (χ1v) is 6.51. The molecule has 0 spiro atoms. The van der Waals surface area contributed by atoms with Crippen molar-refractivity contribution in [2.24, 2.45) is 0 Å². The molecule has 0 aliphatic heterocycles. The average Bonchev–Trinajstić information content (AvgIpc) is 2.36. The Kier molecular flexibility index (Phi) is 6.16. The van der Waals surface area contributed by atoms with Gasteiger partial charge >= 0.3 is 0 Å². The Morgan fingerprint density at radius 2 is 1.67 bits per heavy atom. The highest BCUT2D eigenvalue weighted by atomic mass is 16.5. The Hall–Kier alpha value is -1.06. The Bertz CT molecular complexity index is 335. The first-order valence-electron chi connectivity index (χ1n) is 6.51. The van der Waals surface area contributed by atoms with Crippen molar-refractivity contribution in [1.82, 2.24) is 9.80 Å². The third-order valence-electron chi connectivity index (χ3n) is 3.34. The minimum Gasteiger partial charge on any atom is -0.497 e. The monoisotopic (exact) mass is 250 g/mol. The highest BCUT2D eigenvalue weighted by Gasteiger charge is 2.10. The molecule has 0 heterocycles. The highest BCUT2D eigenvalue weighted by Crippen LogP contribution is 2.13. The second kappa shape index (κ2) is 7.39. The summed E-state index contributed by atoms with van der Waals surface area (Å²) in [4.78, 5) is 4.63. The van der Waals surface area contributed by atoms with E-state index in [1.165, 1.54) is 5.56 Å². The van der Waals surface area contributed by atoms with Gasteiger partial charge in [-0.25, -0.2) is 0 Å². The molecule has 0 saturated heterocycles. The van der Waals surface area contributed by atoms with E-state index in [1.807, 2.05) is 12.1 Å². The van der Waals surface area contributed by atoms with Crippen LogP contribution in [0.15, 0.2) is 24.3 Å². The van der Waals surface area contributed by atoms with Gasteiger partial charge in [0.2, 0.25) is 0 Å². The van der Waals surface area contributed by atoms with Crippen LogP contribution in [0.4, 0.5) is 0 Å². The van der Waals surface area contributed by atoms with Crippen molar-refractivity contribution in [2.45, 2.75) is 19.4 Å². The van der Waals surface area contributed by atoms with Crippen molar-refractivity contribution in [3.63, 3.8) is 0 Å². The van der Waals surface area contributed by atoms with E-state index < -0.39 is 0 Å². The summed E-state index contributed by atoms with van der Waals surface area (Å²) in [5.74, 6) is 0.923. The zero-order chi connectivity index (χ0) is 13.5. The van der Waals surface area contributed by atoms with E-state index in [0.717, 1.165) is 25.3 Å². The molecule has 1 rings (SSSR count). The van der Waals surface area contributed by atoms with Gasteiger partial charge in [-0.15, -0.1) is 0 Å². The van der Waals surface area contributed by atoms with Gasteiger partial charge in [-0.05, 0) is 52.2 Å². The molecule has 0 saturated carbocycles. The topological polar surface area (TPSA) is 15.7 Å². The number of ether oxygens (including phenoxy) is 1. The second-order valence-corrected chi connectivity index (χ2v) is 5.19. The van der Waals surface area contributed by atoms with Crippen LogP contribution in [0, 0.1) is 0 Å². The molecule has 1 aromatic rings. The molecule has 0 aliphatic rings. The molecular formula is C15H26N2O. The maximum absolute atomic E-state index is 5.17. The fraction of sp³-hybridized carbons (Fsp3) is 0.600. The summed E-state index contributed by atoms with van der Waals surface area (Å²) >= 11 is 0. The van der Waals surface area contributed by atoms with E-state index in [1.54, 1.807) is 7.11 Å². The van der Waals surface area contributed by atoms with Gasteiger partial charge < -0.3 is 14.5 Å². The Labute approximate surface area is 111 Å². The van der Waals surface area contributed by atoms with Gasteiger partial charge in [-0.2, -0.15) is 0 Å². The zero-order valence-electron chi connectivity index (χ0n) is 12.3. The Morgan fingerprint density at radius 3 is 2.17 bits per heavy atom. The van der Waals surface area contributed by atoms with E-state index in [9.17, 15) is 0 Å². The van der Waals surface area contributed by atoms with Crippen LogP contribution in [-0.4, -0.2) is 57.2 Å². The number of rotatable bonds is 7. The minimum atomic E-state index is 0.554. The standard InChI is InChI=1S/C15H26N2O/c1-13(17(4)11-10-16(2)3)12-14-6-8-15(18-5)9-7-14/h6-9,13H,10-12H2,1-5H3/t13-/m0/s1. The Balaban J connectivity index is 2.44. The van der Waals surface area contributed by atoms with E-state index in [-0.39, 0.29) is 0 Å². The summed E-state index contributed by atoms with van der Waals surface area (Å²) in [6.07, 6.45) is 1.08. The van der Waals surface area contributed by atoms with Crippen molar-refractivity contribution in [1.29, 1.82) is 0 Å². The van der Waals surface area contributed by atoms with Gasteiger partial charge in [-0.1, -0.05) is 12.1 Å². The first-order chi connectivity index (χ1) is 8.52. The van der Waals surface area contributed by atoms with E-state index in [4.69, 9.17) is 4.74 Å². The van der Waals surface area contributed by atoms with Crippen molar-refractivity contribution < 1.29 is 4.74 Å². The minimum absolute atomic E-state index is 0.554. The van der Waals surface area contributed by atoms with Gasteiger partial charge in [0.05, 0.1) is 7.11 Å². The molecule has 0 radical (unpaired) electrons. The lowest BCUT2D eigenvalue weighted by molar-refractivity contribution is 0.228. The smallest absolute Gasteiger partial charge is 0.118 e. The molecule has 0 aliphatic carbocycles. The molecular weight excluding hydrogens is 224 g/mol. The van der Waals surface area contributed by atoms with Gasteiger partial charge in [0, 0.05) is 19.1 Å². The third-order valence-corrected chi connectivity index (χ3v) is 3.34. The van der Waals surface area contributed by atoms with E-state index in [0.29, 0.717) is 6.04 Å². The van der Waals surface area contributed by atoms with Crippen molar-refractivity contribution in [3.8, 4) is 5.75 Å². The number of methoxy groups -OCH3 is 1. The Morgan fingerprint density at radius 1 is 1.06 bits per heavy atom. The molecule has 1 atom stereocenters. The summed E-state index contributed by atoms with van der Waals surface area (Å²) < 4.78 is 5.17. The molecule has 18 heavy (non-hydrogen) atoms. The lowest BCUT2D eigenvalue weighted by Crippen LogP contribution is -2.36. The molecule has 102 valence electrons. The summed E-state index contributed by atoms with van der Waals surface area (Å²) in [7, 11) is 8.12. The molecule has 0 amide bonds. The predicted octanol–water partition coefficient (Wildman–Crippen LogP) is 2.12. The largest absolute Gasteiger partial charge is 0.497 e. The van der Waals surface area contributed by atoms with Gasteiger partial charge in [0.25, 0.3) is 0 Å². The summed E-state index contributed by atoms with van der Waals surface area (Å²) in [6.45, 7) is 4.48. The van der Waals surface area contributed by atoms with Crippen LogP contribution >= 0.6 is 0 Å². The maximum Gasteiger partial charge on any atom is 0.118 e. The van der Waals surface area contributed by atoms with Crippen molar-refractivity contribution in [3.05, 3.63) is 29.8 Å². The fourth-order valence-corrected chi connectivity index (χ4v) is 1.84. The predicted molar refractivity (Wildman–Crippen MR) is 77.3 cm³/mol. The molecule has 3 nitrogen and oxygen atoms in total. The number of benzene rings is 1. The quantitative estimate of drug-likeness (QED) is 0.737. The van der Waals surface area contributed by atoms with Gasteiger partial charge in [-0.3, -0.25) is 0 Å². The normalized spacial score (nSPS) is 13.1. The van der Waals surface area contributed by atoms with Crippen LogP contribution in [0.5, 0.6) is 5.75 Å².